The van der Waals surface area contributed by atoms with Gasteiger partial charge in [-0.15, -0.1) is 0 Å². The first-order valence-corrected chi connectivity index (χ1v) is 7.33. The summed E-state index contributed by atoms with van der Waals surface area (Å²) in [4.78, 5) is 12.1. The Morgan fingerprint density at radius 3 is 2.32 bits per heavy atom. The highest BCUT2D eigenvalue weighted by Gasteiger charge is 2.42. The number of halogens is 5. The van der Waals surface area contributed by atoms with Gasteiger partial charge in [-0.25, -0.2) is 0 Å². The minimum Gasteiger partial charge on any atom is -0.337 e. The fourth-order valence-corrected chi connectivity index (χ4v) is 2.64. The first-order chi connectivity index (χ1) is 10.3. The molecule has 116 valence electrons. The van der Waals surface area contributed by atoms with Gasteiger partial charge in [0.25, 0.3) is 5.91 Å². The molecule has 0 heterocycles. The van der Waals surface area contributed by atoms with Gasteiger partial charge in [0.1, 0.15) is 0 Å². The Morgan fingerprint density at radius 2 is 1.77 bits per heavy atom. The van der Waals surface area contributed by atoms with Gasteiger partial charge < -0.3 is 5.32 Å². The van der Waals surface area contributed by atoms with Crippen LogP contribution in [0.2, 0.25) is 5.02 Å². The lowest BCUT2D eigenvalue weighted by Gasteiger charge is -2.22. The average molecular weight is 393 g/mol. The molecule has 0 aliphatic heterocycles. The molecular weight excluding hydrogens is 383 g/mol. The summed E-state index contributed by atoms with van der Waals surface area (Å²) < 4.78 is 40.2. The standard InChI is InChI=1S/C15H10BrClF3NO/c16-10-6-7-11(12(17)8-10)14(22)21-13(15(18,19)20)9-4-2-1-3-5-9/h1-8,13H,(H,21,22). The number of benzene rings is 2. The smallest absolute Gasteiger partial charge is 0.337 e. The summed E-state index contributed by atoms with van der Waals surface area (Å²) in [5.41, 5.74) is -0.0633. The fraction of sp³-hybridized carbons (Fsp3) is 0.133. The molecule has 0 aliphatic carbocycles. The zero-order valence-corrected chi connectivity index (χ0v) is 13.3. The van der Waals surface area contributed by atoms with Gasteiger partial charge in [0.05, 0.1) is 10.6 Å². The van der Waals surface area contributed by atoms with Gasteiger partial charge in [-0.1, -0.05) is 57.9 Å². The molecule has 1 atom stereocenters. The third-order valence-corrected chi connectivity index (χ3v) is 3.72. The largest absolute Gasteiger partial charge is 0.412 e. The third kappa shape index (κ3) is 4.01. The van der Waals surface area contributed by atoms with Crippen molar-refractivity contribution in [3.63, 3.8) is 0 Å². The highest BCUT2D eigenvalue weighted by molar-refractivity contribution is 9.10. The van der Waals surface area contributed by atoms with E-state index in [1.165, 1.54) is 42.5 Å². The molecule has 1 amide bonds. The minimum absolute atomic E-state index is 0.0185. The molecule has 1 unspecified atom stereocenters. The molecule has 0 aromatic heterocycles. The van der Waals surface area contributed by atoms with Crippen LogP contribution in [0.5, 0.6) is 0 Å². The van der Waals surface area contributed by atoms with Gasteiger partial charge >= 0.3 is 6.18 Å². The van der Waals surface area contributed by atoms with Crippen molar-refractivity contribution in [1.82, 2.24) is 5.32 Å². The van der Waals surface area contributed by atoms with E-state index in [1.807, 2.05) is 5.32 Å². The molecule has 0 radical (unpaired) electrons. The van der Waals surface area contributed by atoms with Crippen LogP contribution in [0.15, 0.2) is 53.0 Å². The molecular formula is C15H10BrClF3NO. The predicted octanol–water partition coefficient (Wildman–Crippen LogP) is 5.14. The quantitative estimate of drug-likeness (QED) is 0.770. The lowest BCUT2D eigenvalue weighted by atomic mass is 10.1. The second kappa shape index (κ2) is 6.71. The second-order valence-corrected chi connectivity index (χ2v) is 5.81. The van der Waals surface area contributed by atoms with E-state index in [0.717, 1.165) is 0 Å². The van der Waals surface area contributed by atoms with Crippen LogP contribution in [-0.4, -0.2) is 12.1 Å². The summed E-state index contributed by atoms with van der Waals surface area (Å²) in [6, 6.07) is 9.42. The molecule has 0 saturated carbocycles. The van der Waals surface area contributed by atoms with Gasteiger partial charge in [-0.2, -0.15) is 13.2 Å². The summed E-state index contributed by atoms with van der Waals surface area (Å²) in [7, 11) is 0. The monoisotopic (exact) mass is 391 g/mol. The van der Waals surface area contributed by atoms with E-state index >= 15 is 0 Å². The van der Waals surface area contributed by atoms with E-state index in [4.69, 9.17) is 11.6 Å². The lowest BCUT2D eigenvalue weighted by molar-refractivity contribution is -0.155. The van der Waals surface area contributed by atoms with Crippen LogP contribution in [0.3, 0.4) is 0 Å². The molecule has 2 rings (SSSR count). The summed E-state index contributed by atoms with van der Waals surface area (Å²) in [6.07, 6.45) is -4.61. The normalized spacial score (nSPS) is 12.8. The molecule has 22 heavy (non-hydrogen) atoms. The molecule has 2 aromatic carbocycles. The molecule has 0 aliphatic rings. The average Bonchev–Trinajstić information content (AvgIpc) is 2.44. The van der Waals surface area contributed by atoms with Crippen molar-refractivity contribution >= 4 is 33.4 Å². The van der Waals surface area contributed by atoms with Crippen LogP contribution in [0.4, 0.5) is 13.2 Å². The van der Waals surface area contributed by atoms with E-state index in [2.05, 4.69) is 15.9 Å². The number of alkyl halides is 3. The Labute approximate surface area is 138 Å². The molecule has 0 fully saturated rings. The number of nitrogens with one attached hydrogen (secondary N) is 1. The second-order valence-electron chi connectivity index (χ2n) is 4.48. The number of rotatable bonds is 3. The van der Waals surface area contributed by atoms with E-state index in [9.17, 15) is 18.0 Å². The van der Waals surface area contributed by atoms with Crippen molar-refractivity contribution in [3.8, 4) is 0 Å². The molecule has 1 N–H and O–H groups in total. The maximum Gasteiger partial charge on any atom is 0.412 e. The first-order valence-electron chi connectivity index (χ1n) is 6.16. The maximum absolute atomic E-state index is 13.2. The third-order valence-electron chi connectivity index (χ3n) is 2.91. The summed E-state index contributed by atoms with van der Waals surface area (Å²) in [5.74, 6) is -0.885. The summed E-state index contributed by atoms with van der Waals surface area (Å²) in [5, 5.41) is 2.06. The molecule has 2 nitrogen and oxygen atoms in total. The SMILES string of the molecule is O=C(NC(c1ccccc1)C(F)(F)F)c1ccc(Br)cc1Cl. The number of hydrogen-bond acceptors (Lipinski definition) is 1. The molecule has 7 heteroatoms. The Hall–Kier alpha value is -1.53. The van der Waals surface area contributed by atoms with E-state index < -0.39 is 18.1 Å². The fourth-order valence-electron chi connectivity index (χ4n) is 1.88. The summed E-state index contributed by atoms with van der Waals surface area (Å²) >= 11 is 9.06. The van der Waals surface area contributed by atoms with E-state index in [1.54, 1.807) is 6.07 Å². The highest BCUT2D eigenvalue weighted by atomic mass is 79.9. The Morgan fingerprint density at radius 1 is 1.14 bits per heavy atom. The molecule has 0 saturated heterocycles. The van der Waals surface area contributed by atoms with Gasteiger partial charge in [-0.05, 0) is 23.8 Å². The zero-order chi connectivity index (χ0) is 16.3. The van der Waals surface area contributed by atoms with Crippen molar-refractivity contribution in [2.45, 2.75) is 12.2 Å². The zero-order valence-electron chi connectivity index (χ0n) is 11.0. The van der Waals surface area contributed by atoms with Crippen LogP contribution >= 0.6 is 27.5 Å². The van der Waals surface area contributed by atoms with Crippen LogP contribution in [-0.2, 0) is 0 Å². The van der Waals surface area contributed by atoms with Gasteiger partial charge in [0.2, 0.25) is 0 Å². The Bertz CT molecular complexity index is 676. The van der Waals surface area contributed by atoms with Crippen LogP contribution in [0.1, 0.15) is 22.0 Å². The van der Waals surface area contributed by atoms with Gasteiger partial charge in [-0.3, -0.25) is 4.79 Å². The van der Waals surface area contributed by atoms with Crippen LogP contribution < -0.4 is 5.32 Å². The number of carbonyl (C=O) groups is 1. The van der Waals surface area contributed by atoms with Crippen molar-refractivity contribution < 1.29 is 18.0 Å². The number of amides is 1. The number of carbonyl (C=O) groups excluding carboxylic acids is 1. The van der Waals surface area contributed by atoms with Crippen LogP contribution in [0.25, 0.3) is 0 Å². The molecule has 0 spiro atoms. The number of hydrogen-bond donors (Lipinski definition) is 1. The summed E-state index contributed by atoms with van der Waals surface area (Å²) in [6.45, 7) is 0. The highest BCUT2D eigenvalue weighted by Crippen LogP contribution is 2.33. The van der Waals surface area contributed by atoms with Crippen LogP contribution in [0, 0.1) is 0 Å². The van der Waals surface area contributed by atoms with Gasteiger partial charge in [0.15, 0.2) is 6.04 Å². The molecule has 0 bridgehead atoms. The molecule has 2 aromatic rings. The minimum atomic E-state index is -4.61. The van der Waals surface area contributed by atoms with E-state index in [-0.39, 0.29) is 16.1 Å². The topological polar surface area (TPSA) is 29.1 Å². The van der Waals surface area contributed by atoms with Crippen molar-refractivity contribution in [2.24, 2.45) is 0 Å². The van der Waals surface area contributed by atoms with Crippen molar-refractivity contribution in [3.05, 3.63) is 69.2 Å². The predicted molar refractivity (Wildman–Crippen MR) is 81.9 cm³/mol. The van der Waals surface area contributed by atoms with Crippen molar-refractivity contribution in [1.29, 1.82) is 0 Å². The Kier molecular flexibility index (Phi) is 5.13. The van der Waals surface area contributed by atoms with E-state index in [0.29, 0.717) is 4.47 Å². The maximum atomic E-state index is 13.2. The first kappa shape index (κ1) is 16.8. The lowest BCUT2D eigenvalue weighted by Crippen LogP contribution is -2.38. The van der Waals surface area contributed by atoms with Crippen molar-refractivity contribution in [2.75, 3.05) is 0 Å². The Balaban J connectivity index is 2.30. The van der Waals surface area contributed by atoms with Gasteiger partial charge in [0, 0.05) is 4.47 Å².